The topological polar surface area (TPSA) is 67.6 Å². The molecule has 6 nitrogen and oxygen atoms in total. The number of hydrogen-bond donors (Lipinski definition) is 1. The molecule has 2 fully saturated rings. The van der Waals surface area contributed by atoms with Crippen LogP contribution in [0.2, 0.25) is 0 Å². The van der Waals surface area contributed by atoms with Crippen molar-refractivity contribution in [3.05, 3.63) is 17.0 Å². The zero-order valence-electron chi connectivity index (χ0n) is 15.4. The van der Waals surface area contributed by atoms with Crippen LogP contribution in [0.4, 0.5) is 0 Å². The fourth-order valence-electron chi connectivity index (χ4n) is 4.23. The van der Waals surface area contributed by atoms with E-state index >= 15 is 0 Å². The summed E-state index contributed by atoms with van der Waals surface area (Å²) >= 11 is 0. The lowest BCUT2D eigenvalue weighted by Crippen LogP contribution is -2.66. The largest absolute Gasteiger partial charge is 0.377 e. The van der Waals surface area contributed by atoms with Gasteiger partial charge in [-0.05, 0) is 27.3 Å². The van der Waals surface area contributed by atoms with Crippen molar-refractivity contribution in [2.24, 2.45) is 11.3 Å². The molecule has 1 saturated carbocycles. The Balaban J connectivity index is 1.46. The number of carbonyl (C=O) groups excluding carboxylic acids is 1. The van der Waals surface area contributed by atoms with Crippen molar-refractivity contribution < 1.29 is 14.1 Å². The molecule has 3 atom stereocenters. The van der Waals surface area contributed by atoms with E-state index in [1.165, 1.54) is 0 Å². The SMILES string of the molecule is Cc1noc(C)c1CN(C)CCC(=O)N[C@@H]1[C@@H]2CCO[C@H]2C1(C)C. The van der Waals surface area contributed by atoms with E-state index in [1.54, 1.807) is 0 Å². The number of carbonyl (C=O) groups is 1. The second-order valence-electron chi connectivity index (χ2n) is 7.90. The molecule has 0 bridgehead atoms. The molecule has 1 aromatic rings. The van der Waals surface area contributed by atoms with Crippen LogP contribution < -0.4 is 5.32 Å². The van der Waals surface area contributed by atoms with Gasteiger partial charge in [0.15, 0.2) is 0 Å². The van der Waals surface area contributed by atoms with Gasteiger partial charge in [-0.2, -0.15) is 0 Å². The summed E-state index contributed by atoms with van der Waals surface area (Å²) in [5.74, 6) is 1.47. The third-order valence-corrected chi connectivity index (χ3v) is 5.75. The standard InChI is InChI=1S/C18H29N3O3/c1-11-14(12(2)24-20-11)10-21(5)8-6-15(22)19-16-13-7-9-23-17(13)18(16,3)4/h13,16-17H,6-10H2,1-5H3,(H,19,22)/t13-,16+,17+/m0/s1. The van der Waals surface area contributed by atoms with Crippen LogP contribution in [0.3, 0.4) is 0 Å². The van der Waals surface area contributed by atoms with Gasteiger partial charge in [-0.25, -0.2) is 0 Å². The number of nitrogens with zero attached hydrogens (tertiary/aromatic N) is 2. The zero-order valence-corrected chi connectivity index (χ0v) is 15.4. The molecule has 1 aliphatic carbocycles. The first-order valence-corrected chi connectivity index (χ1v) is 8.82. The van der Waals surface area contributed by atoms with Crippen LogP contribution in [0.1, 0.15) is 43.7 Å². The molecular formula is C18H29N3O3. The molecule has 0 spiro atoms. The predicted octanol–water partition coefficient (Wildman–Crippen LogP) is 2.04. The highest BCUT2D eigenvalue weighted by Gasteiger charge is 2.59. The number of rotatable bonds is 6. The summed E-state index contributed by atoms with van der Waals surface area (Å²) < 4.78 is 11.0. The summed E-state index contributed by atoms with van der Waals surface area (Å²) in [5, 5.41) is 7.21. The molecular weight excluding hydrogens is 306 g/mol. The van der Waals surface area contributed by atoms with Crippen molar-refractivity contribution in [1.29, 1.82) is 0 Å². The lowest BCUT2D eigenvalue weighted by atomic mass is 9.57. The summed E-state index contributed by atoms with van der Waals surface area (Å²) in [6, 6.07) is 0.241. The molecule has 1 N–H and O–H groups in total. The lowest BCUT2D eigenvalue weighted by molar-refractivity contribution is -0.138. The normalized spacial score (nSPS) is 27.8. The molecule has 0 aromatic carbocycles. The molecule has 2 aliphatic rings. The van der Waals surface area contributed by atoms with Gasteiger partial charge < -0.3 is 19.5 Å². The van der Waals surface area contributed by atoms with E-state index < -0.39 is 0 Å². The monoisotopic (exact) mass is 335 g/mol. The first-order valence-electron chi connectivity index (χ1n) is 8.82. The van der Waals surface area contributed by atoms with Crippen LogP contribution in [0.25, 0.3) is 0 Å². The summed E-state index contributed by atoms with van der Waals surface area (Å²) in [4.78, 5) is 14.5. The van der Waals surface area contributed by atoms with Crippen LogP contribution >= 0.6 is 0 Å². The van der Waals surface area contributed by atoms with Gasteiger partial charge in [0.05, 0.1) is 11.8 Å². The van der Waals surface area contributed by atoms with Crippen molar-refractivity contribution >= 4 is 5.91 Å². The lowest BCUT2D eigenvalue weighted by Gasteiger charge is -2.54. The van der Waals surface area contributed by atoms with Gasteiger partial charge in [0.2, 0.25) is 5.91 Å². The zero-order chi connectivity index (χ0) is 17.5. The second-order valence-corrected chi connectivity index (χ2v) is 7.90. The van der Waals surface area contributed by atoms with Crippen LogP contribution in [-0.2, 0) is 16.1 Å². The predicted molar refractivity (Wildman–Crippen MR) is 90.5 cm³/mol. The smallest absolute Gasteiger partial charge is 0.221 e. The number of ether oxygens (including phenoxy) is 1. The fraction of sp³-hybridized carbons (Fsp3) is 0.778. The van der Waals surface area contributed by atoms with Gasteiger partial charge >= 0.3 is 0 Å². The minimum absolute atomic E-state index is 0.0411. The minimum atomic E-state index is 0.0411. The molecule has 0 unspecified atom stereocenters. The van der Waals surface area contributed by atoms with Gasteiger partial charge in [-0.1, -0.05) is 19.0 Å². The highest BCUT2D eigenvalue weighted by molar-refractivity contribution is 5.76. The van der Waals surface area contributed by atoms with E-state index in [9.17, 15) is 4.79 Å². The molecule has 2 heterocycles. The first kappa shape index (κ1) is 17.4. The maximum atomic E-state index is 12.4. The fourth-order valence-corrected chi connectivity index (χ4v) is 4.23. The van der Waals surface area contributed by atoms with E-state index in [2.05, 4.69) is 29.2 Å². The maximum Gasteiger partial charge on any atom is 0.221 e. The van der Waals surface area contributed by atoms with E-state index in [0.29, 0.717) is 25.0 Å². The Morgan fingerprint density at radius 2 is 2.17 bits per heavy atom. The van der Waals surface area contributed by atoms with Gasteiger partial charge in [0.1, 0.15) is 5.76 Å². The summed E-state index contributed by atoms with van der Waals surface area (Å²) in [6.45, 7) is 10.5. The molecule has 0 radical (unpaired) electrons. The second kappa shape index (κ2) is 6.48. The summed E-state index contributed by atoms with van der Waals surface area (Å²) in [5.41, 5.74) is 2.08. The number of nitrogens with one attached hydrogen (secondary N) is 1. The van der Waals surface area contributed by atoms with E-state index in [0.717, 1.165) is 36.6 Å². The Morgan fingerprint density at radius 1 is 1.42 bits per heavy atom. The van der Waals surface area contributed by atoms with Crippen LogP contribution in [0, 0.1) is 25.2 Å². The first-order chi connectivity index (χ1) is 11.3. The number of aryl methyl sites for hydroxylation is 2. The van der Waals surface area contributed by atoms with Crippen molar-refractivity contribution in [3.8, 4) is 0 Å². The van der Waals surface area contributed by atoms with Gasteiger partial charge in [-0.3, -0.25) is 4.79 Å². The molecule has 6 heteroatoms. The van der Waals surface area contributed by atoms with Crippen molar-refractivity contribution in [3.63, 3.8) is 0 Å². The van der Waals surface area contributed by atoms with E-state index in [4.69, 9.17) is 9.26 Å². The Morgan fingerprint density at radius 3 is 2.83 bits per heavy atom. The van der Waals surface area contributed by atoms with Crippen LogP contribution in [-0.4, -0.2) is 48.3 Å². The Hall–Kier alpha value is -1.40. The van der Waals surface area contributed by atoms with Crippen molar-refractivity contribution in [2.45, 2.75) is 59.2 Å². The molecule has 134 valence electrons. The summed E-state index contributed by atoms with van der Waals surface area (Å²) in [6.07, 6.45) is 1.88. The number of fused-ring (bicyclic) bond motifs is 1. The quantitative estimate of drug-likeness (QED) is 0.862. The van der Waals surface area contributed by atoms with Gasteiger partial charge in [0, 0.05) is 49.1 Å². The van der Waals surface area contributed by atoms with Gasteiger partial charge in [-0.15, -0.1) is 0 Å². The Bertz CT molecular complexity index is 591. The third kappa shape index (κ3) is 3.09. The molecule has 1 amide bonds. The third-order valence-electron chi connectivity index (χ3n) is 5.75. The van der Waals surface area contributed by atoms with Crippen LogP contribution in [0.5, 0.6) is 0 Å². The summed E-state index contributed by atoms with van der Waals surface area (Å²) in [7, 11) is 2.02. The number of hydrogen-bond acceptors (Lipinski definition) is 5. The molecule has 24 heavy (non-hydrogen) atoms. The average molecular weight is 335 g/mol. The van der Waals surface area contributed by atoms with Gasteiger partial charge in [0.25, 0.3) is 0 Å². The number of aromatic nitrogens is 1. The molecule has 1 saturated heterocycles. The van der Waals surface area contributed by atoms with Crippen molar-refractivity contribution in [1.82, 2.24) is 15.4 Å². The Labute approximate surface area is 143 Å². The van der Waals surface area contributed by atoms with Crippen molar-refractivity contribution in [2.75, 3.05) is 20.2 Å². The minimum Gasteiger partial charge on any atom is -0.377 e. The van der Waals surface area contributed by atoms with Crippen LogP contribution in [0.15, 0.2) is 4.52 Å². The highest BCUT2D eigenvalue weighted by atomic mass is 16.5. The average Bonchev–Trinajstić information content (AvgIpc) is 3.11. The number of amides is 1. The van der Waals surface area contributed by atoms with E-state index in [1.807, 2.05) is 20.9 Å². The maximum absolute atomic E-state index is 12.4. The Kier molecular flexibility index (Phi) is 4.71. The molecule has 1 aromatic heterocycles. The molecule has 3 rings (SSSR count). The molecule has 1 aliphatic heterocycles. The highest BCUT2D eigenvalue weighted by Crippen LogP contribution is 2.52. The van der Waals surface area contributed by atoms with E-state index in [-0.39, 0.29) is 17.4 Å².